The lowest BCUT2D eigenvalue weighted by Gasteiger charge is -2.23. The third kappa shape index (κ3) is 2.91. The van der Waals surface area contributed by atoms with E-state index in [4.69, 9.17) is 22.7 Å². The van der Waals surface area contributed by atoms with Gasteiger partial charge in [-0.2, -0.15) is 0 Å². The average Bonchev–Trinajstić information content (AvgIpc) is 2.36. The molecule has 0 aliphatic heterocycles. The number of nitrogens with two attached hydrogens (primary N) is 1. The van der Waals surface area contributed by atoms with Crippen molar-refractivity contribution in [2.24, 2.45) is 5.73 Å². The number of anilines is 1. The molecule has 1 unspecified atom stereocenters. The molecule has 0 aromatic heterocycles. The molecule has 0 radical (unpaired) electrons. The molecule has 0 saturated heterocycles. The number of benzene rings is 1. The molecule has 0 fully saturated rings. The lowest BCUT2D eigenvalue weighted by atomic mass is 10.3. The minimum atomic E-state index is -3.58. The van der Waals surface area contributed by atoms with Crippen molar-refractivity contribution in [2.75, 3.05) is 18.5 Å². The first kappa shape index (κ1) is 14.7. The molecule has 0 amide bonds. The fourth-order valence-electron chi connectivity index (χ4n) is 1.32. The van der Waals surface area contributed by atoms with E-state index in [1.165, 1.54) is 14.0 Å². The van der Waals surface area contributed by atoms with Crippen molar-refractivity contribution in [3.05, 3.63) is 24.3 Å². The van der Waals surface area contributed by atoms with Crippen molar-refractivity contribution in [3.8, 4) is 5.75 Å². The SMILES string of the molecule is COc1ccc(N(C)S(=O)(=O)C(C)C(N)=S)cc1. The Morgan fingerprint density at radius 3 is 2.28 bits per heavy atom. The third-order valence-corrected chi connectivity index (χ3v) is 5.29. The Hall–Kier alpha value is -1.34. The number of rotatable bonds is 5. The van der Waals surface area contributed by atoms with E-state index >= 15 is 0 Å². The van der Waals surface area contributed by atoms with Crippen molar-refractivity contribution in [3.63, 3.8) is 0 Å². The Kier molecular flexibility index (Phi) is 4.53. The average molecular weight is 288 g/mol. The number of hydrogen-bond donors (Lipinski definition) is 1. The number of thiocarbonyl (C=S) groups is 1. The summed E-state index contributed by atoms with van der Waals surface area (Å²) < 4.78 is 30.5. The van der Waals surface area contributed by atoms with Gasteiger partial charge in [0.25, 0.3) is 0 Å². The highest BCUT2D eigenvalue weighted by Crippen LogP contribution is 2.22. The number of ether oxygens (including phenoxy) is 1. The van der Waals surface area contributed by atoms with E-state index in [-0.39, 0.29) is 4.99 Å². The standard InChI is InChI=1S/C11H16N2O3S2/c1-8(11(12)17)18(14,15)13(2)9-4-6-10(16-3)7-5-9/h4-8H,1-3H3,(H2,12,17). The molecule has 0 spiro atoms. The number of sulfonamides is 1. The number of hydrogen-bond acceptors (Lipinski definition) is 4. The molecule has 2 N–H and O–H groups in total. The Balaban J connectivity index is 3.05. The smallest absolute Gasteiger partial charge is 0.244 e. The van der Waals surface area contributed by atoms with Gasteiger partial charge in [0.1, 0.15) is 11.0 Å². The van der Waals surface area contributed by atoms with Crippen molar-refractivity contribution in [2.45, 2.75) is 12.2 Å². The zero-order valence-electron chi connectivity index (χ0n) is 10.5. The van der Waals surface area contributed by atoms with Gasteiger partial charge in [-0.3, -0.25) is 4.31 Å². The summed E-state index contributed by atoms with van der Waals surface area (Å²) in [7, 11) is -0.574. The summed E-state index contributed by atoms with van der Waals surface area (Å²) in [5, 5.41) is -0.903. The minimum absolute atomic E-state index is 0.0460. The monoisotopic (exact) mass is 288 g/mol. The van der Waals surface area contributed by atoms with Crippen molar-refractivity contribution in [1.29, 1.82) is 0 Å². The topological polar surface area (TPSA) is 72.6 Å². The van der Waals surface area contributed by atoms with Crippen LogP contribution < -0.4 is 14.8 Å². The first-order valence-electron chi connectivity index (χ1n) is 5.21. The van der Waals surface area contributed by atoms with E-state index in [2.05, 4.69) is 0 Å². The van der Waals surface area contributed by atoms with Gasteiger partial charge in [-0.25, -0.2) is 8.42 Å². The van der Waals surface area contributed by atoms with Crippen LogP contribution in [0, 0.1) is 0 Å². The minimum Gasteiger partial charge on any atom is -0.497 e. The lowest BCUT2D eigenvalue weighted by Crippen LogP contribution is -2.41. The maximum atomic E-state index is 12.2. The molecule has 0 heterocycles. The zero-order chi connectivity index (χ0) is 13.9. The van der Waals surface area contributed by atoms with Gasteiger partial charge in [-0.1, -0.05) is 12.2 Å². The van der Waals surface area contributed by atoms with Crippen LogP contribution in [0.25, 0.3) is 0 Å². The summed E-state index contributed by atoms with van der Waals surface area (Å²) in [6, 6.07) is 6.69. The Morgan fingerprint density at radius 2 is 1.89 bits per heavy atom. The maximum absolute atomic E-state index is 12.2. The van der Waals surface area contributed by atoms with E-state index in [1.54, 1.807) is 31.4 Å². The van der Waals surface area contributed by atoms with Gasteiger partial charge in [0.05, 0.1) is 17.8 Å². The van der Waals surface area contributed by atoms with E-state index in [0.29, 0.717) is 11.4 Å². The van der Waals surface area contributed by atoms with Crippen LogP contribution in [0.2, 0.25) is 0 Å². The Bertz CT molecular complexity index is 526. The molecule has 18 heavy (non-hydrogen) atoms. The number of methoxy groups -OCH3 is 1. The maximum Gasteiger partial charge on any atom is 0.244 e. The van der Waals surface area contributed by atoms with Crippen molar-refractivity contribution >= 4 is 32.9 Å². The molecular formula is C11H16N2O3S2. The highest BCUT2D eigenvalue weighted by atomic mass is 32.2. The molecular weight excluding hydrogens is 272 g/mol. The summed E-state index contributed by atoms with van der Waals surface area (Å²) >= 11 is 4.73. The second-order valence-corrected chi connectivity index (χ2v) is 6.51. The predicted molar refractivity (Wildman–Crippen MR) is 76.6 cm³/mol. The third-order valence-electron chi connectivity index (χ3n) is 2.67. The molecule has 0 bridgehead atoms. The highest BCUT2D eigenvalue weighted by molar-refractivity contribution is 7.95. The van der Waals surface area contributed by atoms with E-state index in [0.717, 1.165) is 4.31 Å². The van der Waals surface area contributed by atoms with Crippen LogP contribution in [0.15, 0.2) is 24.3 Å². The first-order valence-corrected chi connectivity index (χ1v) is 7.13. The van der Waals surface area contributed by atoms with Crippen LogP contribution in [0.3, 0.4) is 0 Å². The van der Waals surface area contributed by atoms with Crippen LogP contribution in [0.5, 0.6) is 5.75 Å². The molecule has 1 atom stereocenters. The molecule has 0 aliphatic rings. The van der Waals surface area contributed by atoms with Crippen LogP contribution in [0.4, 0.5) is 5.69 Å². The number of nitrogens with zero attached hydrogens (tertiary/aromatic N) is 1. The van der Waals surface area contributed by atoms with Gasteiger partial charge in [0, 0.05) is 7.05 Å². The molecule has 1 aromatic rings. The Morgan fingerprint density at radius 1 is 1.39 bits per heavy atom. The van der Waals surface area contributed by atoms with Crippen molar-refractivity contribution in [1.82, 2.24) is 0 Å². The van der Waals surface area contributed by atoms with E-state index < -0.39 is 15.3 Å². The summed E-state index contributed by atoms with van der Waals surface area (Å²) in [6.45, 7) is 1.47. The first-order chi connectivity index (χ1) is 8.30. The second-order valence-electron chi connectivity index (χ2n) is 3.76. The zero-order valence-corrected chi connectivity index (χ0v) is 12.1. The fourth-order valence-corrected chi connectivity index (χ4v) is 2.87. The van der Waals surface area contributed by atoms with Crippen molar-refractivity contribution < 1.29 is 13.2 Å². The van der Waals surface area contributed by atoms with Crippen LogP contribution in [-0.4, -0.2) is 32.8 Å². The summed E-state index contributed by atoms with van der Waals surface area (Å²) in [6.07, 6.45) is 0. The van der Waals surface area contributed by atoms with E-state index in [9.17, 15) is 8.42 Å². The molecule has 7 heteroatoms. The summed E-state index contributed by atoms with van der Waals surface area (Å²) in [5.41, 5.74) is 5.92. The van der Waals surface area contributed by atoms with Gasteiger partial charge in [0.2, 0.25) is 10.0 Å². The predicted octanol–water partition coefficient (Wildman–Crippen LogP) is 1.14. The quantitative estimate of drug-likeness (QED) is 0.822. The van der Waals surface area contributed by atoms with E-state index in [1.807, 2.05) is 0 Å². The summed E-state index contributed by atoms with van der Waals surface area (Å²) in [5.74, 6) is 0.659. The normalized spacial score (nSPS) is 12.8. The van der Waals surface area contributed by atoms with Crippen LogP contribution in [-0.2, 0) is 10.0 Å². The highest BCUT2D eigenvalue weighted by Gasteiger charge is 2.28. The Labute approximate surface area is 113 Å². The lowest BCUT2D eigenvalue weighted by molar-refractivity contribution is 0.415. The van der Waals surface area contributed by atoms with Gasteiger partial charge in [0.15, 0.2) is 0 Å². The largest absolute Gasteiger partial charge is 0.497 e. The van der Waals surface area contributed by atoms with Gasteiger partial charge in [-0.05, 0) is 31.2 Å². The van der Waals surface area contributed by atoms with Gasteiger partial charge in [-0.15, -0.1) is 0 Å². The molecule has 0 aliphatic carbocycles. The van der Waals surface area contributed by atoms with Gasteiger partial charge >= 0.3 is 0 Å². The van der Waals surface area contributed by atoms with Crippen LogP contribution in [0.1, 0.15) is 6.92 Å². The van der Waals surface area contributed by atoms with Gasteiger partial charge < -0.3 is 10.5 Å². The second kappa shape index (κ2) is 5.53. The van der Waals surface area contributed by atoms with Crippen LogP contribution >= 0.6 is 12.2 Å². The molecule has 100 valence electrons. The summed E-state index contributed by atoms with van der Waals surface area (Å²) in [4.78, 5) is -0.0460. The molecule has 1 aromatic carbocycles. The molecule has 1 rings (SSSR count). The molecule has 5 nitrogen and oxygen atoms in total. The molecule has 0 saturated carbocycles. The fraction of sp³-hybridized carbons (Fsp3) is 0.364.